The summed E-state index contributed by atoms with van der Waals surface area (Å²) in [6.07, 6.45) is 2.10. The Labute approximate surface area is 161 Å². The van der Waals surface area contributed by atoms with Crippen LogP contribution in [0, 0.1) is 5.82 Å². The SMILES string of the molecule is COCCNC(=O)CSc1nnc(-c2ccc(F)cc2)n1C[C@H]1CCCO1. The van der Waals surface area contributed by atoms with E-state index in [1.54, 1.807) is 19.2 Å². The monoisotopic (exact) mass is 394 g/mol. The minimum absolute atomic E-state index is 0.0907. The first-order chi connectivity index (χ1) is 13.2. The van der Waals surface area contributed by atoms with Gasteiger partial charge in [0.2, 0.25) is 5.91 Å². The van der Waals surface area contributed by atoms with Gasteiger partial charge in [-0.1, -0.05) is 11.8 Å². The quantitative estimate of drug-likeness (QED) is 0.519. The third-order valence-corrected chi connectivity index (χ3v) is 5.16. The largest absolute Gasteiger partial charge is 0.383 e. The molecule has 1 aromatic heterocycles. The van der Waals surface area contributed by atoms with Gasteiger partial charge in [0.15, 0.2) is 11.0 Å². The fraction of sp³-hybridized carbons (Fsp3) is 0.500. The maximum Gasteiger partial charge on any atom is 0.230 e. The number of carbonyl (C=O) groups is 1. The summed E-state index contributed by atoms with van der Waals surface area (Å²) in [5.41, 5.74) is 0.776. The van der Waals surface area contributed by atoms with E-state index in [2.05, 4.69) is 15.5 Å². The number of thioether (sulfide) groups is 1. The Hall–Kier alpha value is -1.97. The third kappa shape index (κ3) is 5.50. The molecule has 1 atom stereocenters. The van der Waals surface area contributed by atoms with Crippen molar-refractivity contribution in [3.8, 4) is 11.4 Å². The number of nitrogens with one attached hydrogen (secondary N) is 1. The summed E-state index contributed by atoms with van der Waals surface area (Å²) in [5.74, 6) is 0.489. The van der Waals surface area contributed by atoms with Gasteiger partial charge in [-0.2, -0.15) is 0 Å². The highest BCUT2D eigenvalue weighted by Gasteiger charge is 2.22. The van der Waals surface area contributed by atoms with E-state index in [-0.39, 0.29) is 23.6 Å². The van der Waals surface area contributed by atoms with Crippen LogP contribution in [0.1, 0.15) is 12.8 Å². The van der Waals surface area contributed by atoms with Crippen LogP contribution in [0.15, 0.2) is 29.4 Å². The molecule has 0 spiro atoms. The number of hydrogen-bond acceptors (Lipinski definition) is 6. The zero-order valence-corrected chi connectivity index (χ0v) is 16.0. The van der Waals surface area contributed by atoms with Crippen molar-refractivity contribution in [2.45, 2.75) is 30.6 Å². The number of ether oxygens (including phenoxy) is 2. The van der Waals surface area contributed by atoms with E-state index in [9.17, 15) is 9.18 Å². The van der Waals surface area contributed by atoms with Crippen LogP contribution >= 0.6 is 11.8 Å². The van der Waals surface area contributed by atoms with Gasteiger partial charge in [-0.15, -0.1) is 10.2 Å². The fourth-order valence-corrected chi connectivity index (χ4v) is 3.62. The lowest BCUT2D eigenvalue weighted by Crippen LogP contribution is -2.28. The highest BCUT2D eigenvalue weighted by atomic mass is 32.2. The smallest absolute Gasteiger partial charge is 0.230 e. The molecule has 1 aliphatic rings. The first-order valence-electron chi connectivity index (χ1n) is 8.86. The average molecular weight is 394 g/mol. The lowest BCUT2D eigenvalue weighted by atomic mass is 10.2. The Kier molecular flexibility index (Phi) is 7.19. The minimum Gasteiger partial charge on any atom is -0.383 e. The van der Waals surface area contributed by atoms with Crippen molar-refractivity contribution < 1.29 is 18.7 Å². The second-order valence-electron chi connectivity index (χ2n) is 6.19. The van der Waals surface area contributed by atoms with Gasteiger partial charge in [-0.3, -0.25) is 9.36 Å². The predicted octanol–water partition coefficient (Wildman–Crippen LogP) is 2.12. The molecule has 1 aliphatic heterocycles. The van der Waals surface area contributed by atoms with Crippen LogP contribution in [0.5, 0.6) is 0 Å². The highest BCUT2D eigenvalue weighted by molar-refractivity contribution is 7.99. The molecule has 0 radical (unpaired) electrons. The fourth-order valence-electron chi connectivity index (χ4n) is 2.84. The van der Waals surface area contributed by atoms with Crippen molar-refractivity contribution in [2.24, 2.45) is 0 Å². The predicted molar refractivity (Wildman–Crippen MR) is 100.0 cm³/mol. The van der Waals surface area contributed by atoms with E-state index >= 15 is 0 Å². The number of aromatic nitrogens is 3. The lowest BCUT2D eigenvalue weighted by Gasteiger charge is -2.14. The first kappa shape index (κ1) is 19.8. The molecule has 7 nitrogen and oxygen atoms in total. The number of benzene rings is 1. The Morgan fingerprint density at radius 2 is 2.22 bits per heavy atom. The summed E-state index contributed by atoms with van der Waals surface area (Å²) < 4.78 is 25.9. The molecule has 27 heavy (non-hydrogen) atoms. The third-order valence-electron chi connectivity index (χ3n) is 4.19. The van der Waals surface area contributed by atoms with Gasteiger partial charge in [0, 0.05) is 25.8 Å². The summed E-state index contributed by atoms with van der Waals surface area (Å²) >= 11 is 1.32. The Bertz CT molecular complexity index is 748. The zero-order valence-electron chi connectivity index (χ0n) is 15.2. The summed E-state index contributed by atoms with van der Waals surface area (Å²) in [5, 5.41) is 11.9. The Morgan fingerprint density at radius 3 is 2.93 bits per heavy atom. The molecule has 0 saturated carbocycles. The standard InChI is InChI=1S/C18H23FN4O3S/c1-25-10-8-20-16(24)12-27-18-22-21-17(13-4-6-14(19)7-5-13)23(18)11-15-3-2-9-26-15/h4-7,15H,2-3,8-12H2,1H3,(H,20,24)/t15-/m1/s1. The van der Waals surface area contributed by atoms with Gasteiger partial charge >= 0.3 is 0 Å². The van der Waals surface area contributed by atoms with Crippen molar-refractivity contribution in [3.63, 3.8) is 0 Å². The molecular formula is C18H23FN4O3S. The van der Waals surface area contributed by atoms with Crippen molar-refractivity contribution in [1.29, 1.82) is 0 Å². The molecule has 0 aliphatic carbocycles. The number of amides is 1. The van der Waals surface area contributed by atoms with Crippen molar-refractivity contribution in [3.05, 3.63) is 30.1 Å². The maximum absolute atomic E-state index is 13.3. The van der Waals surface area contributed by atoms with Gasteiger partial charge in [0.25, 0.3) is 0 Å². The second kappa shape index (κ2) is 9.82. The molecule has 1 aromatic carbocycles. The van der Waals surface area contributed by atoms with Crippen LogP contribution in [-0.2, 0) is 20.8 Å². The van der Waals surface area contributed by atoms with Crippen molar-refractivity contribution >= 4 is 17.7 Å². The highest BCUT2D eigenvalue weighted by Crippen LogP contribution is 2.26. The number of carbonyl (C=O) groups excluding carboxylic acids is 1. The number of methoxy groups -OCH3 is 1. The molecule has 1 N–H and O–H groups in total. The summed E-state index contributed by atoms with van der Waals surface area (Å²) in [7, 11) is 1.59. The summed E-state index contributed by atoms with van der Waals surface area (Å²) in [4.78, 5) is 12.0. The lowest BCUT2D eigenvalue weighted by molar-refractivity contribution is -0.118. The molecule has 0 bridgehead atoms. The van der Waals surface area contributed by atoms with E-state index in [0.717, 1.165) is 25.0 Å². The van der Waals surface area contributed by atoms with Crippen LogP contribution in [0.3, 0.4) is 0 Å². The Morgan fingerprint density at radius 1 is 1.41 bits per heavy atom. The van der Waals surface area contributed by atoms with Crippen LogP contribution in [0.25, 0.3) is 11.4 Å². The summed E-state index contributed by atoms with van der Waals surface area (Å²) in [6.45, 7) is 2.30. The van der Waals surface area contributed by atoms with Gasteiger partial charge in [-0.25, -0.2) is 4.39 Å². The number of rotatable bonds is 9. The molecule has 2 aromatic rings. The van der Waals surface area contributed by atoms with Crippen LogP contribution in [0.4, 0.5) is 4.39 Å². The normalized spacial score (nSPS) is 16.6. The molecule has 1 fully saturated rings. The zero-order chi connectivity index (χ0) is 19.1. The van der Waals surface area contributed by atoms with E-state index in [1.807, 2.05) is 4.57 Å². The molecule has 2 heterocycles. The molecular weight excluding hydrogens is 371 g/mol. The van der Waals surface area contributed by atoms with Gasteiger partial charge in [-0.05, 0) is 37.1 Å². The topological polar surface area (TPSA) is 78.3 Å². The Balaban J connectivity index is 1.74. The maximum atomic E-state index is 13.3. The van der Waals surface area contributed by atoms with Gasteiger partial charge < -0.3 is 14.8 Å². The average Bonchev–Trinajstić information content (AvgIpc) is 3.32. The first-order valence-corrected chi connectivity index (χ1v) is 9.85. The molecule has 3 rings (SSSR count). The summed E-state index contributed by atoms with van der Waals surface area (Å²) in [6, 6.07) is 6.15. The molecule has 146 valence electrons. The molecule has 1 amide bonds. The number of nitrogens with zero attached hydrogens (tertiary/aromatic N) is 3. The number of halogens is 1. The van der Waals surface area contributed by atoms with E-state index in [0.29, 0.717) is 30.7 Å². The van der Waals surface area contributed by atoms with Crippen LogP contribution in [-0.4, -0.2) is 59.4 Å². The van der Waals surface area contributed by atoms with Crippen LogP contribution in [0.2, 0.25) is 0 Å². The second-order valence-corrected chi connectivity index (χ2v) is 7.13. The van der Waals surface area contributed by atoms with Gasteiger partial charge in [0.1, 0.15) is 5.82 Å². The number of hydrogen-bond donors (Lipinski definition) is 1. The van der Waals surface area contributed by atoms with Crippen molar-refractivity contribution in [1.82, 2.24) is 20.1 Å². The van der Waals surface area contributed by atoms with E-state index in [1.165, 1.54) is 23.9 Å². The van der Waals surface area contributed by atoms with E-state index in [4.69, 9.17) is 9.47 Å². The molecule has 9 heteroatoms. The van der Waals surface area contributed by atoms with Gasteiger partial charge in [0.05, 0.1) is 25.0 Å². The van der Waals surface area contributed by atoms with Crippen LogP contribution < -0.4 is 5.32 Å². The molecule has 1 saturated heterocycles. The minimum atomic E-state index is -0.300. The van der Waals surface area contributed by atoms with Crippen molar-refractivity contribution in [2.75, 3.05) is 32.6 Å². The molecule has 0 unspecified atom stereocenters. The van der Waals surface area contributed by atoms with E-state index < -0.39 is 0 Å².